The van der Waals surface area contributed by atoms with Crippen molar-refractivity contribution >= 4 is 24.7 Å². The molecule has 1 saturated heterocycles. The van der Waals surface area contributed by atoms with E-state index in [-0.39, 0.29) is 54.8 Å². The van der Waals surface area contributed by atoms with Gasteiger partial charge in [0.2, 0.25) is 0 Å². The van der Waals surface area contributed by atoms with Crippen molar-refractivity contribution in [3.63, 3.8) is 0 Å². The van der Waals surface area contributed by atoms with Crippen LogP contribution in [0.1, 0.15) is 117 Å². The van der Waals surface area contributed by atoms with E-state index in [9.17, 15) is 9.90 Å². The third-order valence-corrected chi connectivity index (χ3v) is 19.2. The number of hydrogen-bond acceptors (Lipinski definition) is 8. The van der Waals surface area contributed by atoms with Gasteiger partial charge in [0.05, 0.1) is 18.8 Å². The summed E-state index contributed by atoms with van der Waals surface area (Å²) in [6.45, 7) is 12.6. The molecular weight excluding hydrogens is 877 g/mol. The predicted octanol–water partition coefficient (Wildman–Crippen LogP) is 12.1. The summed E-state index contributed by atoms with van der Waals surface area (Å²) in [6.07, 6.45) is 4.66. The minimum Gasteiger partial charge on any atom is -0.488 e. The summed E-state index contributed by atoms with van der Waals surface area (Å²) in [6, 6.07) is 52.9. The lowest BCUT2D eigenvalue weighted by molar-refractivity contribution is -0.219. The van der Waals surface area contributed by atoms with Crippen molar-refractivity contribution in [3.8, 4) is 11.5 Å². The fourth-order valence-electron chi connectivity index (χ4n) is 10.3. The summed E-state index contributed by atoms with van der Waals surface area (Å²) in [7, 11) is -2.77. The van der Waals surface area contributed by atoms with E-state index in [1.165, 1.54) is 10.4 Å². The summed E-state index contributed by atoms with van der Waals surface area (Å²) in [4.78, 5) is 14.7. The Bertz CT molecular complexity index is 2490. The van der Waals surface area contributed by atoms with Crippen molar-refractivity contribution in [1.29, 1.82) is 0 Å². The number of ether oxygens (including phenoxy) is 5. The molecule has 8 rings (SSSR count). The van der Waals surface area contributed by atoms with Crippen LogP contribution in [0.3, 0.4) is 0 Å². The van der Waals surface area contributed by atoms with Gasteiger partial charge in [0.15, 0.2) is 5.79 Å². The lowest BCUT2D eigenvalue weighted by Crippen LogP contribution is -2.66. The molecule has 1 fully saturated rings. The van der Waals surface area contributed by atoms with Gasteiger partial charge in [-0.2, -0.15) is 0 Å². The highest BCUT2D eigenvalue weighted by atomic mass is 28.4. The normalized spacial score (nSPS) is 20.3. The third kappa shape index (κ3) is 11.7. The van der Waals surface area contributed by atoms with Crippen LogP contribution in [0.15, 0.2) is 158 Å². The van der Waals surface area contributed by atoms with E-state index in [4.69, 9.17) is 28.1 Å². The van der Waals surface area contributed by atoms with Crippen molar-refractivity contribution in [1.82, 2.24) is 0 Å². The van der Waals surface area contributed by atoms with E-state index in [1.54, 1.807) is 0 Å². The second-order valence-electron chi connectivity index (χ2n) is 19.9. The van der Waals surface area contributed by atoms with Crippen LogP contribution in [-0.4, -0.2) is 44.5 Å². The first kappa shape index (κ1) is 49.9. The molecule has 0 saturated carbocycles. The highest BCUT2D eigenvalue weighted by Crippen LogP contribution is 2.50. The Hall–Kier alpha value is -5.55. The molecule has 0 bridgehead atoms. The van der Waals surface area contributed by atoms with Crippen molar-refractivity contribution < 1.29 is 38.0 Å². The van der Waals surface area contributed by atoms with E-state index in [0.29, 0.717) is 37.6 Å². The summed E-state index contributed by atoms with van der Waals surface area (Å²) in [5, 5.41) is 15.1. The van der Waals surface area contributed by atoms with Crippen molar-refractivity contribution in [2.24, 2.45) is 11.8 Å². The first-order chi connectivity index (χ1) is 33.5. The van der Waals surface area contributed by atoms with E-state index < -0.39 is 26.2 Å². The highest BCUT2D eigenvalue weighted by molar-refractivity contribution is 6.99. The highest BCUT2D eigenvalue weighted by Gasteiger charge is 2.52. The third-order valence-electron chi connectivity index (χ3n) is 14.2. The summed E-state index contributed by atoms with van der Waals surface area (Å²) >= 11 is 0. The smallest absolute Gasteiger partial charge is 0.346 e. The quantitative estimate of drug-likeness (QED) is 0.0433. The molecular formula is C60H70O8Si. The summed E-state index contributed by atoms with van der Waals surface area (Å²) in [5.74, 6) is -1.62. The minimum atomic E-state index is -2.77. The number of fused-ring (bicyclic) bond motifs is 1. The van der Waals surface area contributed by atoms with E-state index in [1.807, 2.05) is 97.1 Å². The molecule has 69 heavy (non-hydrogen) atoms. The Balaban J connectivity index is 1.13. The van der Waals surface area contributed by atoms with Gasteiger partial charge in [0.1, 0.15) is 36.9 Å². The van der Waals surface area contributed by atoms with E-state index in [2.05, 4.69) is 95.3 Å². The van der Waals surface area contributed by atoms with Gasteiger partial charge in [-0.3, -0.25) is 0 Å². The molecule has 6 aromatic rings. The number of rotatable bonds is 21. The van der Waals surface area contributed by atoms with Crippen LogP contribution in [0.4, 0.5) is 0 Å². The molecule has 6 aromatic carbocycles. The van der Waals surface area contributed by atoms with Gasteiger partial charge in [0.25, 0.3) is 8.32 Å². The zero-order chi connectivity index (χ0) is 48.3. The predicted molar refractivity (Wildman–Crippen MR) is 275 cm³/mol. The summed E-state index contributed by atoms with van der Waals surface area (Å²) < 4.78 is 40.7. The lowest BCUT2D eigenvalue weighted by Gasteiger charge is -2.43. The van der Waals surface area contributed by atoms with Crippen LogP contribution in [0, 0.1) is 11.8 Å². The molecule has 2 aliphatic heterocycles. The molecule has 9 heteroatoms. The SMILES string of the molecule is CCCCC[C@H]1Cc2cc(OCc3ccccc3)c(C(=O)OCc3ccccc3)c(OCc3ccccc3)c2C(CC2(O)OC[C@@H](CCO[Si](c3ccccc3)(c3ccccc3)C(C)(C)C)[C@@H]2C)O1. The first-order valence-corrected chi connectivity index (χ1v) is 26.9. The number of carbonyl (C=O) groups is 1. The number of hydrogen-bond donors (Lipinski definition) is 1. The molecule has 5 atom stereocenters. The van der Waals surface area contributed by atoms with Gasteiger partial charge >= 0.3 is 5.97 Å². The second-order valence-corrected chi connectivity index (χ2v) is 24.2. The van der Waals surface area contributed by atoms with Gasteiger partial charge in [-0.25, -0.2) is 4.79 Å². The van der Waals surface area contributed by atoms with E-state index in [0.717, 1.165) is 53.5 Å². The largest absolute Gasteiger partial charge is 0.488 e. The second kappa shape index (κ2) is 22.9. The Morgan fingerprint density at radius 3 is 1.81 bits per heavy atom. The van der Waals surface area contributed by atoms with Gasteiger partial charge in [0, 0.05) is 24.5 Å². The van der Waals surface area contributed by atoms with Crippen LogP contribution >= 0.6 is 0 Å². The molecule has 1 N–H and O–H groups in total. The fraction of sp³-hybridized carbons (Fsp3) is 0.383. The Morgan fingerprint density at radius 2 is 1.26 bits per heavy atom. The van der Waals surface area contributed by atoms with Gasteiger partial charge < -0.3 is 33.2 Å². The summed E-state index contributed by atoms with van der Waals surface area (Å²) in [5.41, 5.74) is 4.64. The van der Waals surface area contributed by atoms with Crippen LogP contribution in [0.5, 0.6) is 11.5 Å². The van der Waals surface area contributed by atoms with Crippen LogP contribution in [-0.2, 0) is 44.9 Å². The van der Waals surface area contributed by atoms with Crippen molar-refractivity contribution in [2.45, 2.75) is 122 Å². The molecule has 0 radical (unpaired) electrons. The van der Waals surface area contributed by atoms with E-state index >= 15 is 0 Å². The van der Waals surface area contributed by atoms with Crippen LogP contribution in [0.2, 0.25) is 5.04 Å². The first-order valence-electron chi connectivity index (χ1n) is 25.0. The minimum absolute atomic E-state index is 0.0164. The maximum absolute atomic E-state index is 14.7. The topological polar surface area (TPSA) is 92.7 Å². The van der Waals surface area contributed by atoms with Gasteiger partial charge in [-0.1, -0.05) is 206 Å². The average Bonchev–Trinajstić information content (AvgIpc) is 3.64. The van der Waals surface area contributed by atoms with Crippen LogP contribution < -0.4 is 19.8 Å². The monoisotopic (exact) mass is 946 g/mol. The van der Waals surface area contributed by atoms with Crippen molar-refractivity contribution in [2.75, 3.05) is 13.2 Å². The standard InChI is InChI=1S/C60H70O8Si/c1-6-7-13-30-50-37-49-38-53(63-40-45-24-14-8-15-25-45)56(58(61)65-42-47-28-18-10-19-29-47)57(64-41-46-26-16-9-17-27-46)55(49)54(68-50)39-60(62)44(2)48(43-66-60)35-36-67-69(59(3,4)5,51-31-20-11-21-32-51)52-33-22-12-23-34-52/h8-12,14-29,31-34,38,44,48,50,54,62H,6-7,13,30,35-37,39-43H2,1-5H3/t44-,48+,50-,54?,60?/m0/s1. The maximum Gasteiger partial charge on any atom is 0.346 e. The maximum atomic E-state index is 14.7. The molecule has 2 aliphatic rings. The Labute approximate surface area is 411 Å². The number of carbonyl (C=O) groups excluding carboxylic acids is 1. The molecule has 0 aromatic heterocycles. The molecule has 0 spiro atoms. The number of unbranched alkanes of at least 4 members (excludes halogenated alkanes) is 2. The molecule has 0 aliphatic carbocycles. The zero-order valence-corrected chi connectivity index (χ0v) is 42.1. The molecule has 2 heterocycles. The molecule has 8 nitrogen and oxygen atoms in total. The van der Waals surface area contributed by atoms with Crippen LogP contribution in [0.25, 0.3) is 0 Å². The number of benzene rings is 6. The van der Waals surface area contributed by atoms with Gasteiger partial charge in [-0.05, 0) is 68.9 Å². The Morgan fingerprint density at radius 1 is 0.725 bits per heavy atom. The van der Waals surface area contributed by atoms with Crippen molar-refractivity contribution in [3.05, 3.63) is 191 Å². The Kier molecular flexibility index (Phi) is 16.6. The zero-order valence-electron chi connectivity index (χ0n) is 41.1. The molecule has 362 valence electrons. The number of esters is 1. The fourth-order valence-corrected chi connectivity index (χ4v) is 14.9. The lowest BCUT2D eigenvalue weighted by atomic mass is 9.81. The number of aliphatic hydroxyl groups is 1. The molecule has 0 amide bonds. The van der Waals surface area contributed by atoms with Gasteiger partial charge in [-0.15, -0.1) is 0 Å². The molecule has 2 unspecified atom stereocenters. The average molecular weight is 947 g/mol.